The van der Waals surface area contributed by atoms with Crippen LogP contribution in [-0.2, 0) is 11.2 Å². The number of rotatable bonds is 7. The van der Waals surface area contributed by atoms with Crippen LogP contribution in [0.25, 0.3) is 11.0 Å². The van der Waals surface area contributed by atoms with Gasteiger partial charge in [-0.15, -0.1) is 0 Å². The van der Waals surface area contributed by atoms with Gasteiger partial charge in [0.05, 0.1) is 6.26 Å². The number of furan rings is 1. The van der Waals surface area contributed by atoms with Crippen LogP contribution in [0.15, 0.2) is 53.1 Å². The van der Waals surface area contributed by atoms with Gasteiger partial charge in [0, 0.05) is 42.3 Å². The molecule has 0 radical (unpaired) electrons. The van der Waals surface area contributed by atoms with Gasteiger partial charge < -0.3 is 19.4 Å². The summed E-state index contributed by atoms with van der Waals surface area (Å²) in [6.07, 6.45) is 3.22. The van der Waals surface area contributed by atoms with Crippen LogP contribution >= 0.6 is 0 Å². The van der Waals surface area contributed by atoms with E-state index in [1.165, 1.54) is 11.1 Å². The van der Waals surface area contributed by atoms with Gasteiger partial charge >= 0.3 is 6.09 Å². The molecule has 31 heavy (non-hydrogen) atoms. The summed E-state index contributed by atoms with van der Waals surface area (Å²) in [6.45, 7) is 10.5. The van der Waals surface area contributed by atoms with E-state index in [1.807, 2.05) is 26.8 Å². The van der Waals surface area contributed by atoms with Crippen molar-refractivity contribution >= 4 is 28.4 Å². The zero-order valence-electron chi connectivity index (χ0n) is 19.5. The Morgan fingerprint density at radius 3 is 2.48 bits per heavy atom. The van der Waals surface area contributed by atoms with Gasteiger partial charge in [-0.1, -0.05) is 19.9 Å². The van der Waals surface area contributed by atoms with Crippen molar-refractivity contribution in [3.8, 4) is 0 Å². The number of hydrogen-bond acceptors (Lipinski definition) is 4. The fourth-order valence-electron chi connectivity index (χ4n) is 3.80. The minimum atomic E-state index is -0.495. The lowest BCUT2D eigenvalue weighted by molar-refractivity contribution is 0.0524. The summed E-state index contributed by atoms with van der Waals surface area (Å²) in [6, 6.07) is 14.8. The average molecular weight is 423 g/mol. The summed E-state index contributed by atoms with van der Waals surface area (Å²) >= 11 is 0. The van der Waals surface area contributed by atoms with Crippen LogP contribution in [0.1, 0.15) is 58.1 Å². The second-order valence-corrected chi connectivity index (χ2v) is 8.93. The number of aryl methyl sites for hydroxylation is 1. The van der Waals surface area contributed by atoms with Crippen LogP contribution in [0.2, 0.25) is 0 Å². The van der Waals surface area contributed by atoms with Gasteiger partial charge in [0.1, 0.15) is 11.2 Å². The Labute approximate surface area is 185 Å². The molecule has 1 aromatic heterocycles. The number of alkyl carbamates (subject to hydrolysis) is 1. The molecule has 0 bridgehead atoms. The van der Waals surface area contributed by atoms with Crippen LogP contribution in [0.3, 0.4) is 0 Å². The summed E-state index contributed by atoms with van der Waals surface area (Å²) < 4.78 is 10.9. The largest absolute Gasteiger partial charge is 0.464 e. The summed E-state index contributed by atoms with van der Waals surface area (Å²) in [4.78, 5) is 14.3. The minimum absolute atomic E-state index is 0.237. The fourth-order valence-corrected chi connectivity index (χ4v) is 3.80. The topological polar surface area (TPSA) is 54.7 Å². The van der Waals surface area contributed by atoms with Gasteiger partial charge in [0.25, 0.3) is 0 Å². The molecule has 0 saturated heterocycles. The molecule has 0 spiro atoms. The van der Waals surface area contributed by atoms with E-state index in [0.717, 1.165) is 35.2 Å². The molecule has 3 aromatic rings. The van der Waals surface area contributed by atoms with E-state index in [1.54, 1.807) is 6.26 Å². The summed E-state index contributed by atoms with van der Waals surface area (Å²) in [5.74, 6) is 0.237. The molecule has 1 heterocycles. The quantitative estimate of drug-likeness (QED) is 0.456. The third kappa shape index (κ3) is 5.60. The second kappa shape index (κ2) is 9.46. The molecule has 1 N–H and O–H groups in total. The van der Waals surface area contributed by atoms with Crippen LogP contribution in [0.5, 0.6) is 0 Å². The molecule has 0 unspecified atom stereocenters. The van der Waals surface area contributed by atoms with Gasteiger partial charge in [-0.3, -0.25) is 0 Å². The summed E-state index contributed by atoms with van der Waals surface area (Å²) in [5, 5.41) is 4.04. The standard InChI is InChI=1S/C26H34N2O3/c1-7-18-15-21(28(6)22-10-9-20-13-14-30-24(20)16-22)11-12-23(18)19(8-2)17-27-25(29)31-26(3,4)5/h9-16,19H,7-8,17H2,1-6H3,(H,27,29)/t19-/m0/s1. The number of carbonyl (C=O) groups is 1. The van der Waals surface area contributed by atoms with Crippen molar-refractivity contribution in [2.75, 3.05) is 18.5 Å². The van der Waals surface area contributed by atoms with E-state index in [-0.39, 0.29) is 12.0 Å². The van der Waals surface area contributed by atoms with Crippen LogP contribution in [0, 0.1) is 0 Å². The van der Waals surface area contributed by atoms with E-state index in [2.05, 4.69) is 67.5 Å². The molecule has 1 amide bonds. The first-order valence-electron chi connectivity index (χ1n) is 11.0. The van der Waals surface area contributed by atoms with Gasteiger partial charge in [-0.25, -0.2) is 4.79 Å². The molecule has 5 nitrogen and oxygen atoms in total. The van der Waals surface area contributed by atoms with Gasteiger partial charge in [0.2, 0.25) is 0 Å². The number of fused-ring (bicyclic) bond motifs is 1. The molecule has 2 aromatic carbocycles. The van der Waals surface area contributed by atoms with Crippen LogP contribution in [-0.4, -0.2) is 25.3 Å². The summed E-state index contributed by atoms with van der Waals surface area (Å²) in [5.41, 5.74) is 5.17. The van der Waals surface area contributed by atoms with Crippen LogP contribution < -0.4 is 10.2 Å². The molecular formula is C26H34N2O3. The number of benzene rings is 2. The Morgan fingerprint density at radius 1 is 1.10 bits per heavy atom. The number of nitrogens with zero attached hydrogens (tertiary/aromatic N) is 1. The Bertz CT molecular complexity index is 1030. The number of ether oxygens (including phenoxy) is 1. The lowest BCUT2D eigenvalue weighted by atomic mass is 9.90. The van der Waals surface area contributed by atoms with Crippen molar-refractivity contribution in [3.63, 3.8) is 0 Å². The normalized spacial score (nSPS) is 12.6. The lowest BCUT2D eigenvalue weighted by Crippen LogP contribution is -2.34. The Balaban J connectivity index is 1.78. The molecular weight excluding hydrogens is 388 g/mol. The highest BCUT2D eigenvalue weighted by molar-refractivity contribution is 5.82. The molecule has 0 saturated carbocycles. The predicted octanol–water partition coefficient (Wildman–Crippen LogP) is 6.78. The highest BCUT2D eigenvalue weighted by Crippen LogP contribution is 2.32. The highest BCUT2D eigenvalue weighted by Gasteiger charge is 2.19. The maximum atomic E-state index is 12.1. The molecule has 0 aliphatic rings. The van der Waals surface area contributed by atoms with Gasteiger partial charge in [0.15, 0.2) is 0 Å². The van der Waals surface area contributed by atoms with Crippen molar-refractivity contribution in [2.24, 2.45) is 0 Å². The molecule has 1 atom stereocenters. The van der Waals surface area contributed by atoms with Crippen LogP contribution in [0.4, 0.5) is 16.2 Å². The van der Waals surface area contributed by atoms with Gasteiger partial charge in [-0.2, -0.15) is 0 Å². The second-order valence-electron chi connectivity index (χ2n) is 8.93. The van der Waals surface area contributed by atoms with Gasteiger partial charge in [-0.05, 0) is 75.1 Å². The Hall–Kier alpha value is -2.95. The Morgan fingerprint density at radius 2 is 1.81 bits per heavy atom. The first-order valence-corrected chi connectivity index (χ1v) is 11.0. The minimum Gasteiger partial charge on any atom is -0.464 e. The first-order chi connectivity index (χ1) is 14.7. The zero-order chi connectivity index (χ0) is 22.6. The predicted molar refractivity (Wildman–Crippen MR) is 127 cm³/mol. The van der Waals surface area contributed by atoms with Crippen molar-refractivity contribution in [1.29, 1.82) is 0 Å². The first kappa shape index (κ1) is 22.7. The molecule has 3 rings (SSSR count). The number of nitrogens with one attached hydrogen (secondary N) is 1. The van der Waals surface area contributed by atoms with Crippen molar-refractivity contribution in [3.05, 3.63) is 59.9 Å². The Kier molecular flexibility index (Phi) is 6.94. The maximum absolute atomic E-state index is 12.1. The van der Waals surface area contributed by atoms with Crippen molar-refractivity contribution in [2.45, 2.75) is 59.0 Å². The maximum Gasteiger partial charge on any atom is 0.407 e. The molecule has 0 aliphatic carbocycles. The third-order valence-corrected chi connectivity index (χ3v) is 5.55. The van der Waals surface area contributed by atoms with E-state index in [4.69, 9.17) is 9.15 Å². The molecule has 166 valence electrons. The van der Waals surface area contributed by atoms with E-state index >= 15 is 0 Å². The number of hydrogen-bond donors (Lipinski definition) is 1. The van der Waals surface area contributed by atoms with Crippen molar-refractivity contribution < 1.29 is 13.9 Å². The fraction of sp³-hybridized carbons (Fsp3) is 0.423. The monoisotopic (exact) mass is 422 g/mol. The summed E-state index contributed by atoms with van der Waals surface area (Å²) in [7, 11) is 2.07. The lowest BCUT2D eigenvalue weighted by Gasteiger charge is -2.25. The van der Waals surface area contributed by atoms with E-state index < -0.39 is 5.60 Å². The average Bonchev–Trinajstić information content (AvgIpc) is 3.20. The van der Waals surface area contributed by atoms with Crippen molar-refractivity contribution in [1.82, 2.24) is 5.32 Å². The number of anilines is 2. The smallest absolute Gasteiger partial charge is 0.407 e. The number of carbonyl (C=O) groups excluding carboxylic acids is 1. The van der Waals surface area contributed by atoms with E-state index in [9.17, 15) is 4.79 Å². The molecule has 5 heteroatoms. The zero-order valence-corrected chi connectivity index (χ0v) is 19.5. The number of amides is 1. The SMILES string of the molecule is CCc1cc(N(C)c2ccc3ccoc3c2)ccc1[C@@H](CC)CNC(=O)OC(C)(C)C. The molecule has 0 aliphatic heterocycles. The third-order valence-electron chi connectivity index (χ3n) is 5.55. The molecule has 0 fully saturated rings. The van der Waals surface area contributed by atoms with E-state index in [0.29, 0.717) is 6.54 Å². The highest BCUT2D eigenvalue weighted by atomic mass is 16.6.